The molecule has 1 aliphatic carbocycles. The number of halogens is 2. The summed E-state index contributed by atoms with van der Waals surface area (Å²) in [6, 6.07) is 4.43. The van der Waals surface area contributed by atoms with Gasteiger partial charge in [0.2, 0.25) is 5.91 Å². The van der Waals surface area contributed by atoms with Gasteiger partial charge in [-0.25, -0.2) is 9.37 Å². The number of aromatic nitrogens is 1. The molecular formula is C19H18ClFN2O2S. The SMILES string of the molecule is CCC(NC(=O)C1=CC=C(c2ccc(Cl)c(F)c2)C1)c1ncc(CO)s1. The Bertz CT molecular complexity index is 891. The molecule has 136 valence electrons. The number of benzene rings is 1. The van der Waals surface area contributed by atoms with Crippen LogP contribution in [0.2, 0.25) is 5.02 Å². The van der Waals surface area contributed by atoms with E-state index in [4.69, 9.17) is 16.7 Å². The van der Waals surface area contributed by atoms with Crippen LogP contribution in [0.25, 0.3) is 5.57 Å². The minimum atomic E-state index is -0.475. The molecule has 1 aromatic heterocycles. The Hall–Kier alpha value is -2.02. The third-order valence-corrected chi connectivity index (χ3v) is 5.59. The van der Waals surface area contributed by atoms with Crippen molar-refractivity contribution in [2.75, 3.05) is 0 Å². The highest BCUT2D eigenvalue weighted by atomic mass is 35.5. The van der Waals surface area contributed by atoms with Gasteiger partial charge >= 0.3 is 0 Å². The van der Waals surface area contributed by atoms with Gasteiger partial charge in [0.25, 0.3) is 0 Å². The zero-order valence-electron chi connectivity index (χ0n) is 14.1. The number of hydrogen-bond donors (Lipinski definition) is 2. The number of allylic oxidation sites excluding steroid dienone is 3. The summed E-state index contributed by atoms with van der Waals surface area (Å²) in [4.78, 5) is 17.6. The number of aliphatic hydroxyl groups is 1. The molecule has 0 fully saturated rings. The average molecular weight is 393 g/mol. The lowest BCUT2D eigenvalue weighted by Crippen LogP contribution is -2.29. The lowest BCUT2D eigenvalue weighted by Gasteiger charge is -2.15. The van der Waals surface area contributed by atoms with Gasteiger partial charge in [-0.3, -0.25) is 4.79 Å². The molecule has 0 saturated carbocycles. The molecule has 1 aliphatic rings. The van der Waals surface area contributed by atoms with E-state index in [1.54, 1.807) is 18.3 Å². The summed E-state index contributed by atoms with van der Waals surface area (Å²) >= 11 is 7.11. The molecule has 0 saturated heterocycles. The minimum absolute atomic E-state index is 0.0574. The maximum Gasteiger partial charge on any atom is 0.248 e. The summed E-state index contributed by atoms with van der Waals surface area (Å²) in [5.41, 5.74) is 2.20. The average Bonchev–Trinajstić information content (AvgIpc) is 3.31. The molecule has 1 aromatic carbocycles. The number of thiazole rings is 1. The summed E-state index contributed by atoms with van der Waals surface area (Å²) in [5.74, 6) is -0.643. The van der Waals surface area contributed by atoms with Crippen molar-refractivity contribution in [1.29, 1.82) is 0 Å². The van der Waals surface area contributed by atoms with E-state index < -0.39 is 5.82 Å². The van der Waals surface area contributed by atoms with E-state index in [0.29, 0.717) is 24.0 Å². The number of nitrogens with zero attached hydrogens (tertiary/aromatic N) is 1. The van der Waals surface area contributed by atoms with Gasteiger partial charge in [0, 0.05) is 18.2 Å². The maximum atomic E-state index is 13.6. The van der Waals surface area contributed by atoms with Crippen LogP contribution in [0.4, 0.5) is 4.39 Å². The third kappa shape index (κ3) is 4.03. The lowest BCUT2D eigenvalue weighted by atomic mass is 10.0. The fourth-order valence-corrected chi connectivity index (χ4v) is 3.75. The molecule has 7 heteroatoms. The molecular weight excluding hydrogens is 375 g/mol. The van der Waals surface area contributed by atoms with E-state index in [2.05, 4.69) is 10.3 Å². The minimum Gasteiger partial charge on any atom is -0.391 e. The molecule has 0 bridgehead atoms. The predicted molar refractivity (Wildman–Crippen MR) is 101 cm³/mol. The van der Waals surface area contributed by atoms with Crippen LogP contribution in [0.15, 0.2) is 42.1 Å². The van der Waals surface area contributed by atoms with Crippen LogP contribution in [-0.2, 0) is 11.4 Å². The Labute approximate surface area is 160 Å². The highest BCUT2D eigenvalue weighted by Gasteiger charge is 2.22. The number of amides is 1. The predicted octanol–water partition coefficient (Wildman–Crippen LogP) is 4.41. The molecule has 1 heterocycles. The van der Waals surface area contributed by atoms with E-state index in [-0.39, 0.29) is 23.6 Å². The maximum absolute atomic E-state index is 13.6. The Morgan fingerprint density at radius 3 is 2.92 bits per heavy atom. The standard InChI is InChI=1S/C19H18ClFN2O2S/c1-2-17(19-22-9-14(10-24)26-19)23-18(25)13-4-3-11(7-13)12-5-6-15(20)16(21)8-12/h3-6,8-9,17,24H,2,7,10H2,1H3,(H,23,25). The zero-order chi connectivity index (χ0) is 18.7. The molecule has 1 amide bonds. The van der Waals surface area contributed by atoms with Crippen LogP contribution in [0.5, 0.6) is 0 Å². The van der Waals surface area contributed by atoms with Crippen molar-refractivity contribution in [3.63, 3.8) is 0 Å². The van der Waals surface area contributed by atoms with Crippen LogP contribution < -0.4 is 5.32 Å². The fourth-order valence-electron chi connectivity index (χ4n) is 2.72. The molecule has 1 atom stereocenters. The van der Waals surface area contributed by atoms with Crippen LogP contribution in [0.1, 0.15) is 41.3 Å². The van der Waals surface area contributed by atoms with Gasteiger partial charge in [-0.1, -0.05) is 36.7 Å². The highest BCUT2D eigenvalue weighted by Crippen LogP contribution is 2.31. The van der Waals surface area contributed by atoms with Crippen molar-refractivity contribution in [1.82, 2.24) is 10.3 Å². The summed E-state index contributed by atoms with van der Waals surface area (Å²) in [7, 11) is 0. The topological polar surface area (TPSA) is 62.2 Å². The number of carbonyl (C=O) groups excluding carboxylic acids is 1. The smallest absolute Gasteiger partial charge is 0.248 e. The van der Waals surface area contributed by atoms with Gasteiger partial charge in [0.1, 0.15) is 10.8 Å². The number of nitrogens with one attached hydrogen (secondary N) is 1. The first-order valence-electron chi connectivity index (χ1n) is 8.23. The van der Waals surface area contributed by atoms with E-state index >= 15 is 0 Å². The van der Waals surface area contributed by atoms with Crippen molar-refractivity contribution in [3.05, 3.63) is 68.4 Å². The largest absolute Gasteiger partial charge is 0.391 e. The van der Waals surface area contributed by atoms with Gasteiger partial charge in [0.15, 0.2) is 0 Å². The van der Waals surface area contributed by atoms with E-state index in [1.807, 2.05) is 13.0 Å². The molecule has 3 rings (SSSR count). The van der Waals surface area contributed by atoms with Crippen molar-refractivity contribution < 1.29 is 14.3 Å². The molecule has 1 unspecified atom stereocenters. The number of aliphatic hydroxyl groups excluding tert-OH is 1. The quantitative estimate of drug-likeness (QED) is 0.765. The van der Waals surface area contributed by atoms with Gasteiger partial charge < -0.3 is 10.4 Å². The van der Waals surface area contributed by atoms with Gasteiger partial charge in [0.05, 0.1) is 22.5 Å². The monoisotopic (exact) mass is 392 g/mol. The van der Waals surface area contributed by atoms with Crippen molar-refractivity contribution in [2.24, 2.45) is 0 Å². The molecule has 0 aliphatic heterocycles. The first kappa shape index (κ1) is 18.8. The number of hydrogen-bond acceptors (Lipinski definition) is 4. The first-order valence-corrected chi connectivity index (χ1v) is 9.42. The molecule has 2 N–H and O–H groups in total. The fraction of sp³-hybridized carbons (Fsp3) is 0.263. The van der Waals surface area contributed by atoms with Crippen LogP contribution in [0, 0.1) is 5.82 Å². The van der Waals surface area contributed by atoms with Crippen LogP contribution in [-0.4, -0.2) is 16.0 Å². The summed E-state index contributed by atoms with van der Waals surface area (Å²) in [6.45, 7) is 1.91. The van der Waals surface area contributed by atoms with E-state index in [1.165, 1.54) is 23.5 Å². The molecule has 0 spiro atoms. The van der Waals surface area contributed by atoms with Gasteiger partial charge in [-0.15, -0.1) is 11.3 Å². The molecule has 26 heavy (non-hydrogen) atoms. The van der Waals surface area contributed by atoms with E-state index in [0.717, 1.165) is 15.5 Å². The Morgan fingerprint density at radius 2 is 2.27 bits per heavy atom. The molecule has 2 aromatic rings. The lowest BCUT2D eigenvalue weighted by molar-refractivity contribution is -0.118. The highest BCUT2D eigenvalue weighted by molar-refractivity contribution is 7.11. The van der Waals surface area contributed by atoms with E-state index in [9.17, 15) is 9.18 Å². The number of carbonyl (C=O) groups is 1. The summed E-state index contributed by atoms with van der Waals surface area (Å²) in [6.07, 6.45) is 6.33. The normalized spacial score (nSPS) is 14.8. The van der Waals surface area contributed by atoms with Crippen molar-refractivity contribution in [3.8, 4) is 0 Å². The molecule has 4 nitrogen and oxygen atoms in total. The second kappa shape index (κ2) is 8.12. The summed E-state index contributed by atoms with van der Waals surface area (Å²) in [5, 5.41) is 13.0. The Kier molecular flexibility index (Phi) is 5.86. The molecule has 0 radical (unpaired) electrons. The van der Waals surface area contributed by atoms with Crippen LogP contribution >= 0.6 is 22.9 Å². The Morgan fingerprint density at radius 1 is 1.46 bits per heavy atom. The van der Waals surface area contributed by atoms with Gasteiger partial charge in [-0.2, -0.15) is 0 Å². The third-order valence-electron chi connectivity index (χ3n) is 4.19. The van der Waals surface area contributed by atoms with Crippen molar-refractivity contribution >= 4 is 34.4 Å². The summed E-state index contributed by atoms with van der Waals surface area (Å²) < 4.78 is 13.6. The van der Waals surface area contributed by atoms with Gasteiger partial charge in [-0.05, 0) is 29.7 Å². The second-order valence-electron chi connectivity index (χ2n) is 5.95. The first-order chi connectivity index (χ1) is 12.5. The van der Waals surface area contributed by atoms with Crippen LogP contribution in [0.3, 0.4) is 0 Å². The second-order valence-corrected chi connectivity index (χ2v) is 7.50. The van der Waals surface area contributed by atoms with Crippen molar-refractivity contribution in [2.45, 2.75) is 32.4 Å². The zero-order valence-corrected chi connectivity index (χ0v) is 15.7. The Balaban J connectivity index is 1.65. The number of rotatable bonds is 6.